The standard InChI is InChI=1S/C17H26N2S2.C6H11NOS.CH4/c1-14(2)13-18-21-17-6-4-15(5-7-17)12-16-8-10-19(20-3)11-9-16;1-9-7-4-2-6(8)3-5-7;/h4-7,12,14,18H,8-11,13H2,1-3H3;2-5H2,1H3;1H4. The van der Waals surface area contributed by atoms with Crippen LogP contribution in [0, 0.1) is 5.92 Å². The van der Waals surface area contributed by atoms with Crippen LogP contribution in [0.15, 0.2) is 34.7 Å². The smallest absolute Gasteiger partial charge is 0.135 e. The minimum absolute atomic E-state index is 0. The molecule has 1 aromatic carbocycles. The predicted octanol–water partition coefficient (Wildman–Crippen LogP) is 6.26. The summed E-state index contributed by atoms with van der Waals surface area (Å²) in [6, 6.07) is 8.88. The zero-order valence-corrected chi connectivity index (χ0v) is 21.3. The van der Waals surface area contributed by atoms with Crippen molar-refractivity contribution in [1.29, 1.82) is 0 Å². The predicted molar refractivity (Wildman–Crippen MR) is 143 cm³/mol. The van der Waals surface area contributed by atoms with Crippen LogP contribution >= 0.6 is 35.8 Å². The number of piperidine rings is 2. The Balaban J connectivity index is 0.000000404. The number of carbonyl (C=O) groups excluding carboxylic acids is 1. The Bertz CT molecular complexity index is 645. The molecule has 1 aromatic rings. The van der Waals surface area contributed by atoms with E-state index in [1.807, 2.05) is 11.9 Å². The summed E-state index contributed by atoms with van der Waals surface area (Å²) < 4.78 is 8.07. The van der Waals surface area contributed by atoms with Gasteiger partial charge in [-0.2, -0.15) is 0 Å². The zero-order valence-electron chi connectivity index (χ0n) is 18.9. The van der Waals surface area contributed by atoms with Crippen LogP contribution in [-0.4, -0.2) is 59.6 Å². The lowest BCUT2D eigenvalue weighted by atomic mass is 10.0. The summed E-state index contributed by atoms with van der Waals surface area (Å²) >= 11 is 5.32. The SMILES string of the molecule is C.CSN1CCC(=Cc2ccc(SNCC(C)C)cc2)CC1.CSN1CCC(=O)CC1. The summed E-state index contributed by atoms with van der Waals surface area (Å²) in [5.74, 6) is 1.11. The Morgan fingerprint density at radius 2 is 1.45 bits per heavy atom. The van der Waals surface area contributed by atoms with Crippen LogP contribution in [0.2, 0.25) is 0 Å². The van der Waals surface area contributed by atoms with E-state index in [2.05, 4.69) is 70.0 Å². The van der Waals surface area contributed by atoms with Crippen molar-refractivity contribution in [3.05, 3.63) is 35.4 Å². The number of nitrogens with one attached hydrogen (secondary N) is 1. The number of benzene rings is 1. The average Bonchev–Trinajstić information content (AvgIpc) is 2.76. The van der Waals surface area contributed by atoms with Gasteiger partial charge in [-0.25, -0.2) is 4.31 Å². The maximum atomic E-state index is 10.7. The first kappa shape index (κ1) is 28.6. The normalized spacial score (nSPS) is 17.7. The molecule has 3 rings (SSSR count). The second kappa shape index (κ2) is 16.2. The largest absolute Gasteiger partial charge is 0.300 e. The molecule has 0 saturated carbocycles. The van der Waals surface area contributed by atoms with E-state index < -0.39 is 0 Å². The molecule has 2 heterocycles. The summed E-state index contributed by atoms with van der Waals surface area (Å²) in [6.45, 7) is 9.75. The highest BCUT2D eigenvalue weighted by Crippen LogP contribution is 2.23. The molecule has 7 heteroatoms. The van der Waals surface area contributed by atoms with Crippen LogP contribution in [0.1, 0.15) is 52.5 Å². The molecule has 0 spiro atoms. The fourth-order valence-corrected chi connectivity index (χ4v) is 5.13. The van der Waals surface area contributed by atoms with E-state index >= 15 is 0 Å². The van der Waals surface area contributed by atoms with Gasteiger partial charge in [0, 0.05) is 50.5 Å². The van der Waals surface area contributed by atoms with Crippen molar-refractivity contribution >= 4 is 47.7 Å². The molecule has 0 atom stereocenters. The second-order valence-corrected chi connectivity index (χ2v) is 10.7. The van der Waals surface area contributed by atoms with Gasteiger partial charge in [-0.15, -0.1) is 0 Å². The first-order valence-corrected chi connectivity index (χ1v) is 14.0. The Hall–Kier alpha value is -0.440. The van der Waals surface area contributed by atoms with Crippen LogP contribution in [0.25, 0.3) is 6.08 Å². The number of nitrogens with zero attached hydrogens (tertiary/aromatic N) is 2. The van der Waals surface area contributed by atoms with Crippen LogP contribution in [-0.2, 0) is 4.79 Å². The van der Waals surface area contributed by atoms with Gasteiger partial charge in [0.1, 0.15) is 5.78 Å². The molecule has 2 aliphatic rings. The summed E-state index contributed by atoms with van der Waals surface area (Å²) in [7, 11) is 0. The topological polar surface area (TPSA) is 35.6 Å². The highest BCUT2D eigenvalue weighted by atomic mass is 32.2. The molecule has 0 aromatic heterocycles. The summed E-state index contributed by atoms with van der Waals surface area (Å²) in [5.41, 5.74) is 2.91. The average molecular weight is 484 g/mol. The molecular weight excluding hydrogens is 442 g/mol. The van der Waals surface area contributed by atoms with E-state index in [0.29, 0.717) is 11.7 Å². The van der Waals surface area contributed by atoms with Crippen LogP contribution < -0.4 is 4.72 Å². The van der Waals surface area contributed by atoms with Crippen molar-refractivity contribution in [2.75, 3.05) is 45.2 Å². The molecule has 0 amide bonds. The fourth-order valence-electron chi connectivity index (χ4n) is 3.18. The third kappa shape index (κ3) is 11.8. The maximum absolute atomic E-state index is 10.7. The Labute approximate surface area is 203 Å². The van der Waals surface area contributed by atoms with E-state index in [1.165, 1.54) is 36.4 Å². The van der Waals surface area contributed by atoms with Gasteiger partial charge in [-0.05, 0) is 60.9 Å². The van der Waals surface area contributed by atoms with E-state index in [-0.39, 0.29) is 7.43 Å². The molecule has 2 aliphatic heterocycles. The molecule has 0 bridgehead atoms. The highest BCUT2D eigenvalue weighted by molar-refractivity contribution is 7.97. The van der Waals surface area contributed by atoms with Crippen LogP contribution in [0.5, 0.6) is 0 Å². The molecule has 31 heavy (non-hydrogen) atoms. The van der Waals surface area contributed by atoms with E-state index in [9.17, 15) is 4.79 Å². The molecule has 1 N–H and O–H groups in total. The third-order valence-electron chi connectivity index (χ3n) is 5.09. The second-order valence-electron chi connectivity index (χ2n) is 7.98. The Kier molecular flexibility index (Phi) is 15.0. The van der Waals surface area contributed by atoms with Crippen molar-refractivity contribution in [1.82, 2.24) is 13.3 Å². The number of hydrogen-bond acceptors (Lipinski definition) is 7. The van der Waals surface area contributed by atoms with E-state index in [1.54, 1.807) is 29.5 Å². The molecule has 0 aliphatic carbocycles. The highest BCUT2D eigenvalue weighted by Gasteiger charge is 2.14. The zero-order chi connectivity index (χ0) is 21.8. The first-order chi connectivity index (χ1) is 14.5. The lowest BCUT2D eigenvalue weighted by Gasteiger charge is -2.25. The number of Topliss-reactive ketones (excluding diaryl/α,β-unsaturated/α-hetero) is 1. The van der Waals surface area contributed by atoms with Crippen LogP contribution in [0.4, 0.5) is 0 Å². The van der Waals surface area contributed by atoms with Gasteiger partial charge in [0.15, 0.2) is 0 Å². The van der Waals surface area contributed by atoms with Crippen molar-refractivity contribution < 1.29 is 4.79 Å². The van der Waals surface area contributed by atoms with Gasteiger partial charge in [0.25, 0.3) is 0 Å². The van der Waals surface area contributed by atoms with Crippen LogP contribution in [0.3, 0.4) is 0 Å². The van der Waals surface area contributed by atoms with Crippen molar-refractivity contribution in [2.45, 2.75) is 51.9 Å². The molecule has 0 unspecified atom stereocenters. The number of ketones is 1. The summed E-state index contributed by atoms with van der Waals surface area (Å²) in [4.78, 5) is 12.0. The molecule has 4 nitrogen and oxygen atoms in total. The third-order valence-corrected chi connectivity index (χ3v) is 7.68. The Morgan fingerprint density at radius 3 is 1.94 bits per heavy atom. The number of hydrogen-bond donors (Lipinski definition) is 1. The Morgan fingerprint density at radius 1 is 0.935 bits per heavy atom. The van der Waals surface area contributed by atoms with Gasteiger partial charge < -0.3 is 0 Å². The van der Waals surface area contributed by atoms with E-state index in [4.69, 9.17) is 0 Å². The van der Waals surface area contributed by atoms with Crippen molar-refractivity contribution in [2.24, 2.45) is 5.92 Å². The first-order valence-electron chi connectivity index (χ1n) is 10.8. The summed E-state index contributed by atoms with van der Waals surface area (Å²) in [6.07, 6.45) is 10.5. The monoisotopic (exact) mass is 483 g/mol. The summed E-state index contributed by atoms with van der Waals surface area (Å²) in [5, 5.41) is 0. The minimum Gasteiger partial charge on any atom is -0.300 e. The minimum atomic E-state index is 0. The van der Waals surface area contributed by atoms with Crippen molar-refractivity contribution in [3.63, 3.8) is 0 Å². The quantitative estimate of drug-likeness (QED) is 0.458. The number of carbonyl (C=O) groups is 1. The van der Waals surface area contributed by atoms with Gasteiger partial charge in [0.05, 0.1) is 0 Å². The lowest BCUT2D eigenvalue weighted by molar-refractivity contribution is -0.120. The van der Waals surface area contributed by atoms with Crippen molar-refractivity contribution in [3.8, 4) is 0 Å². The molecule has 176 valence electrons. The van der Waals surface area contributed by atoms with Gasteiger partial charge in [-0.3, -0.25) is 13.8 Å². The fraction of sp³-hybridized carbons (Fsp3) is 0.625. The van der Waals surface area contributed by atoms with Gasteiger partial charge in [0.2, 0.25) is 0 Å². The van der Waals surface area contributed by atoms with Gasteiger partial charge in [-0.1, -0.05) is 69.0 Å². The molecule has 2 fully saturated rings. The molecular formula is C24H41N3OS3. The molecule has 2 saturated heterocycles. The van der Waals surface area contributed by atoms with E-state index in [0.717, 1.165) is 32.5 Å². The van der Waals surface area contributed by atoms with Gasteiger partial charge >= 0.3 is 0 Å². The molecule has 0 radical (unpaired) electrons. The maximum Gasteiger partial charge on any atom is 0.135 e. The lowest BCUT2D eigenvalue weighted by Crippen LogP contribution is -2.27. The number of rotatable bonds is 7.